The molecule has 2 rings (SSSR count). The molecule has 0 saturated carbocycles. The van der Waals surface area contributed by atoms with Crippen LogP contribution in [-0.4, -0.2) is 30.9 Å². The topological polar surface area (TPSA) is 68.5 Å². The number of likely N-dealkylation sites (N-methyl/N-ethyl adjacent to an activating group) is 1. The lowest BCUT2D eigenvalue weighted by molar-refractivity contribution is 0.447. The first kappa shape index (κ1) is 15.1. The largest absolute Gasteiger partial charge is 0.309 e. The molecule has 110 valence electrons. The van der Waals surface area contributed by atoms with Crippen molar-refractivity contribution in [2.24, 2.45) is 5.92 Å². The van der Waals surface area contributed by atoms with Gasteiger partial charge in [-0.05, 0) is 30.9 Å². The highest BCUT2D eigenvalue weighted by Crippen LogP contribution is 2.23. The molecule has 0 aliphatic heterocycles. The summed E-state index contributed by atoms with van der Waals surface area (Å²) in [5.74, 6) is 1.57. The maximum Gasteiger partial charge on any atom is 0.138 e. The second-order valence-electron chi connectivity index (χ2n) is 5.29. The van der Waals surface area contributed by atoms with Gasteiger partial charge < -0.3 is 5.32 Å². The van der Waals surface area contributed by atoms with Crippen LogP contribution >= 0.6 is 11.5 Å². The van der Waals surface area contributed by atoms with Crippen LogP contribution in [-0.2, 0) is 13.0 Å². The Morgan fingerprint density at radius 3 is 2.80 bits per heavy atom. The van der Waals surface area contributed by atoms with Gasteiger partial charge in [-0.15, -0.1) is 5.10 Å². The molecule has 1 N–H and O–H groups in total. The number of hydrogen-bond acceptors (Lipinski definition) is 6. The first-order chi connectivity index (χ1) is 9.61. The van der Waals surface area contributed by atoms with Crippen molar-refractivity contribution in [3.05, 3.63) is 22.7 Å². The Labute approximate surface area is 123 Å². The van der Waals surface area contributed by atoms with E-state index in [1.165, 1.54) is 16.4 Å². The zero-order valence-electron chi connectivity index (χ0n) is 12.5. The molecule has 0 aliphatic rings. The smallest absolute Gasteiger partial charge is 0.138 e. The lowest BCUT2D eigenvalue weighted by Crippen LogP contribution is -2.25. The molecule has 6 nitrogen and oxygen atoms in total. The van der Waals surface area contributed by atoms with E-state index < -0.39 is 0 Å². The summed E-state index contributed by atoms with van der Waals surface area (Å²) in [7, 11) is 0. The second-order valence-corrected chi connectivity index (χ2v) is 6.07. The van der Waals surface area contributed by atoms with Crippen molar-refractivity contribution in [1.82, 2.24) is 29.7 Å². The number of rotatable bonds is 7. The highest BCUT2D eigenvalue weighted by Gasteiger charge is 2.19. The van der Waals surface area contributed by atoms with Gasteiger partial charge in [-0.3, -0.25) is 0 Å². The van der Waals surface area contributed by atoms with E-state index in [2.05, 4.69) is 45.8 Å². The molecule has 0 fully saturated rings. The molecule has 0 aliphatic carbocycles. The van der Waals surface area contributed by atoms with Crippen molar-refractivity contribution in [1.29, 1.82) is 0 Å². The van der Waals surface area contributed by atoms with Crippen LogP contribution in [0.4, 0.5) is 0 Å². The first-order valence-corrected chi connectivity index (χ1v) is 7.78. The third-order valence-electron chi connectivity index (χ3n) is 3.07. The molecular weight excluding hydrogens is 272 g/mol. The van der Waals surface area contributed by atoms with Gasteiger partial charge >= 0.3 is 0 Å². The third-order valence-corrected chi connectivity index (χ3v) is 4.01. The Bertz CT molecular complexity index is 532. The minimum Gasteiger partial charge on any atom is -0.309 e. The molecule has 7 heteroatoms. The van der Waals surface area contributed by atoms with Crippen LogP contribution in [0.15, 0.2) is 6.33 Å². The van der Waals surface area contributed by atoms with Gasteiger partial charge in [-0.1, -0.05) is 25.3 Å². The summed E-state index contributed by atoms with van der Waals surface area (Å²) in [6, 6.07) is 0.204. The van der Waals surface area contributed by atoms with Gasteiger partial charge in [0.2, 0.25) is 0 Å². The van der Waals surface area contributed by atoms with Crippen LogP contribution in [0, 0.1) is 12.8 Å². The highest BCUT2D eigenvalue weighted by molar-refractivity contribution is 7.05. The Balaban J connectivity index is 2.17. The Morgan fingerprint density at radius 1 is 1.40 bits per heavy atom. The van der Waals surface area contributed by atoms with E-state index in [0.717, 1.165) is 31.0 Å². The van der Waals surface area contributed by atoms with Crippen molar-refractivity contribution < 1.29 is 0 Å². The average Bonchev–Trinajstić information content (AvgIpc) is 2.98. The molecule has 1 unspecified atom stereocenters. The standard InChI is InChI=1S/C13H22N6S/c1-5-14-11(13-10(4)17-18-20-13)6-12-15-8-16-19(12)7-9(2)3/h8-9,11,14H,5-7H2,1-4H3. The molecule has 2 aromatic heterocycles. The summed E-state index contributed by atoms with van der Waals surface area (Å²) < 4.78 is 6.03. The van der Waals surface area contributed by atoms with Gasteiger partial charge in [0.1, 0.15) is 12.2 Å². The minimum absolute atomic E-state index is 0.204. The van der Waals surface area contributed by atoms with Gasteiger partial charge in [0, 0.05) is 13.0 Å². The summed E-state index contributed by atoms with van der Waals surface area (Å²) >= 11 is 1.46. The Hall–Kier alpha value is -1.34. The van der Waals surface area contributed by atoms with Crippen molar-refractivity contribution in [2.45, 2.75) is 46.7 Å². The maximum absolute atomic E-state index is 4.41. The molecule has 0 amide bonds. The molecule has 0 spiro atoms. The van der Waals surface area contributed by atoms with Crippen LogP contribution in [0.25, 0.3) is 0 Å². The van der Waals surface area contributed by atoms with Crippen molar-refractivity contribution in [3.63, 3.8) is 0 Å². The highest BCUT2D eigenvalue weighted by atomic mass is 32.1. The van der Waals surface area contributed by atoms with Crippen molar-refractivity contribution in [2.75, 3.05) is 6.54 Å². The van der Waals surface area contributed by atoms with Gasteiger partial charge in [0.15, 0.2) is 0 Å². The van der Waals surface area contributed by atoms with E-state index in [1.54, 1.807) is 6.33 Å². The van der Waals surface area contributed by atoms with E-state index in [0.29, 0.717) is 5.92 Å². The van der Waals surface area contributed by atoms with Gasteiger partial charge in [-0.2, -0.15) is 5.10 Å². The van der Waals surface area contributed by atoms with Gasteiger partial charge in [0.25, 0.3) is 0 Å². The summed E-state index contributed by atoms with van der Waals surface area (Å²) in [6.07, 6.45) is 2.45. The number of aromatic nitrogens is 5. The monoisotopic (exact) mass is 294 g/mol. The zero-order chi connectivity index (χ0) is 14.5. The second kappa shape index (κ2) is 6.90. The Kier molecular flexibility index (Phi) is 5.19. The fourth-order valence-corrected chi connectivity index (χ4v) is 2.91. The fourth-order valence-electron chi connectivity index (χ4n) is 2.19. The van der Waals surface area contributed by atoms with Gasteiger partial charge in [-0.25, -0.2) is 9.67 Å². The van der Waals surface area contributed by atoms with Crippen molar-refractivity contribution in [3.8, 4) is 0 Å². The molecular formula is C13H22N6S. The number of aryl methyl sites for hydroxylation is 1. The van der Waals surface area contributed by atoms with Gasteiger partial charge in [0.05, 0.1) is 16.6 Å². The summed E-state index contributed by atoms with van der Waals surface area (Å²) in [6.45, 7) is 10.3. The quantitative estimate of drug-likeness (QED) is 0.845. The van der Waals surface area contributed by atoms with E-state index in [-0.39, 0.29) is 6.04 Å². The molecule has 20 heavy (non-hydrogen) atoms. The predicted molar refractivity (Wildman–Crippen MR) is 79.6 cm³/mol. The first-order valence-electron chi connectivity index (χ1n) is 7.00. The predicted octanol–water partition coefficient (Wildman–Crippen LogP) is 1.99. The number of hydrogen-bond donors (Lipinski definition) is 1. The number of nitrogens with one attached hydrogen (secondary N) is 1. The SMILES string of the molecule is CCNC(Cc1ncnn1CC(C)C)c1snnc1C. The van der Waals surface area contributed by atoms with Crippen LogP contribution in [0.2, 0.25) is 0 Å². The van der Waals surface area contributed by atoms with Crippen LogP contribution in [0.1, 0.15) is 43.2 Å². The van der Waals surface area contributed by atoms with Crippen LogP contribution in [0.5, 0.6) is 0 Å². The summed E-state index contributed by atoms with van der Waals surface area (Å²) in [5, 5.41) is 11.9. The van der Waals surface area contributed by atoms with E-state index >= 15 is 0 Å². The van der Waals surface area contributed by atoms with Crippen LogP contribution < -0.4 is 5.32 Å². The molecule has 0 aromatic carbocycles. The molecule has 0 bridgehead atoms. The minimum atomic E-state index is 0.204. The molecule has 1 atom stereocenters. The lowest BCUT2D eigenvalue weighted by atomic mass is 10.1. The maximum atomic E-state index is 4.41. The van der Waals surface area contributed by atoms with E-state index in [9.17, 15) is 0 Å². The Morgan fingerprint density at radius 2 is 2.20 bits per heavy atom. The molecule has 0 radical (unpaired) electrons. The average molecular weight is 294 g/mol. The van der Waals surface area contributed by atoms with Crippen LogP contribution in [0.3, 0.4) is 0 Å². The zero-order valence-corrected chi connectivity index (χ0v) is 13.3. The molecule has 2 aromatic rings. The number of nitrogens with zero attached hydrogens (tertiary/aromatic N) is 5. The lowest BCUT2D eigenvalue weighted by Gasteiger charge is -2.17. The van der Waals surface area contributed by atoms with Crippen molar-refractivity contribution >= 4 is 11.5 Å². The van der Waals surface area contributed by atoms with E-state index in [1.807, 2.05) is 11.6 Å². The normalized spacial score (nSPS) is 13.1. The fraction of sp³-hybridized carbons (Fsp3) is 0.692. The third kappa shape index (κ3) is 3.61. The summed E-state index contributed by atoms with van der Waals surface area (Å²) in [5.41, 5.74) is 0.996. The van der Waals surface area contributed by atoms with E-state index in [4.69, 9.17) is 0 Å². The molecule has 0 saturated heterocycles. The molecule has 2 heterocycles. The summed E-state index contributed by atoms with van der Waals surface area (Å²) in [4.78, 5) is 5.59.